The van der Waals surface area contributed by atoms with Gasteiger partial charge >= 0.3 is 0 Å². The number of hydrogen-bond donors (Lipinski definition) is 2. The van der Waals surface area contributed by atoms with E-state index >= 15 is 0 Å². The molecule has 1 fully saturated rings. The molecular weight excluding hydrogens is 341 g/mol. The summed E-state index contributed by atoms with van der Waals surface area (Å²) < 4.78 is 5.44. The van der Waals surface area contributed by atoms with Crippen LogP contribution in [0.15, 0.2) is 4.99 Å². The second-order valence-corrected chi connectivity index (χ2v) is 5.58. The number of rotatable bonds is 5. The maximum atomic E-state index is 5.44. The van der Waals surface area contributed by atoms with Crippen molar-refractivity contribution in [2.75, 3.05) is 32.8 Å². The van der Waals surface area contributed by atoms with Gasteiger partial charge in [0.2, 0.25) is 0 Å². The van der Waals surface area contributed by atoms with Crippen molar-refractivity contribution in [1.29, 1.82) is 0 Å². The van der Waals surface area contributed by atoms with E-state index in [1.807, 2.05) is 0 Å². The SMILES string of the molecule is CCNC(=NCC1(C)CCOC1)NCC(C)C.I. The van der Waals surface area contributed by atoms with Gasteiger partial charge in [0.05, 0.1) is 13.2 Å². The minimum atomic E-state index is 0. The highest BCUT2D eigenvalue weighted by molar-refractivity contribution is 14.0. The maximum Gasteiger partial charge on any atom is 0.191 e. The molecule has 1 saturated heterocycles. The van der Waals surface area contributed by atoms with Crippen LogP contribution in [0.5, 0.6) is 0 Å². The van der Waals surface area contributed by atoms with E-state index in [1.165, 1.54) is 0 Å². The van der Waals surface area contributed by atoms with E-state index in [0.717, 1.165) is 45.2 Å². The highest BCUT2D eigenvalue weighted by atomic mass is 127. The predicted octanol–water partition coefficient (Wildman–Crippen LogP) is 2.24. The van der Waals surface area contributed by atoms with Crippen LogP contribution < -0.4 is 10.6 Å². The van der Waals surface area contributed by atoms with Gasteiger partial charge in [0.25, 0.3) is 0 Å². The summed E-state index contributed by atoms with van der Waals surface area (Å²) in [5.74, 6) is 1.55. The highest BCUT2D eigenvalue weighted by Gasteiger charge is 2.29. The van der Waals surface area contributed by atoms with E-state index in [2.05, 4.69) is 43.3 Å². The van der Waals surface area contributed by atoms with Crippen LogP contribution in [0, 0.1) is 11.3 Å². The molecule has 1 unspecified atom stereocenters. The van der Waals surface area contributed by atoms with Gasteiger partial charge in [-0.25, -0.2) is 0 Å². The first-order chi connectivity index (χ1) is 8.06. The van der Waals surface area contributed by atoms with Crippen LogP contribution in [0.2, 0.25) is 0 Å². The van der Waals surface area contributed by atoms with Crippen LogP contribution in [0.25, 0.3) is 0 Å². The predicted molar refractivity (Wildman–Crippen MR) is 87.8 cm³/mol. The van der Waals surface area contributed by atoms with Crippen molar-refractivity contribution in [1.82, 2.24) is 10.6 Å². The van der Waals surface area contributed by atoms with E-state index in [-0.39, 0.29) is 29.4 Å². The van der Waals surface area contributed by atoms with Crippen molar-refractivity contribution >= 4 is 29.9 Å². The topological polar surface area (TPSA) is 45.7 Å². The summed E-state index contributed by atoms with van der Waals surface area (Å²) in [6, 6.07) is 0. The first kappa shape index (κ1) is 18.0. The number of ether oxygens (including phenoxy) is 1. The number of aliphatic imine (C=N–C) groups is 1. The summed E-state index contributed by atoms with van der Waals surface area (Å²) in [6.45, 7) is 13.1. The number of hydrogen-bond acceptors (Lipinski definition) is 2. The molecule has 18 heavy (non-hydrogen) atoms. The van der Waals surface area contributed by atoms with Crippen molar-refractivity contribution in [3.8, 4) is 0 Å². The van der Waals surface area contributed by atoms with Crippen LogP contribution in [0.3, 0.4) is 0 Å². The summed E-state index contributed by atoms with van der Waals surface area (Å²) >= 11 is 0. The Hall–Kier alpha value is -0.0400. The van der Waals surface area contributed by atoms with Crippen LogP contribution >= 0.6 is 24.0 Å². The van der Waals surface area contributed by atoms with Gasteiger partial charge in [-0.1, -0.05) is 20.8 Å². The van der Waals surface area contributed by atoms with Crippen molar-refractivity contribution in [2.24, 2.45) is 16.3 Å². The third-order valence-electron chi connectivity index (χ3n) is 2.94. The lowest BCUT2D eigenvalue weighted by Crippen LogP contribution is -2.40. The van der Waals surface area contributed by atoms with Crippen molar-refractivity contribution in [3.63, 3.8) is 0 Å². The molecular formula is C13H28IN3O. The zero-order valence-corrected chi connectivity index (χ0v) is 14.4. The Morgan fingerprint density at radius 3 is 2.61 bits per heavy atom. The van der Waals surface area contributed by atoms with Crippen LogP contribution in [-0.4, -0.2) is 38.8 Å². The number of nitrogens with zero attached hydrogens (tertiary/aromatic N) is 1. The molecule has 0 aromatic heterocycles. The van der Waals surface area contributed by atoms with E-state index in [0.29, 0.717) is 5.92 Å². The third kappa shape index (κ3) is 6.78. The standard InChI is InChI=1S/C13H27N3O.HI/c1-5-14-12(15-8-11(2)3)16-9-13(4)6-7-17-10-13;/h11H,5-10H2,1-4H3,(H2,14,15,16);1H. The monoisotopic (exact) mass is 369 g/mol. The van der Waals surface area contributed by atoms with E-state index in [4.69, 9.17) is 4.74 Å². The number of nitrogens with one attached hydrogen (secondary N) is 2. The van der Waals surface area contributed by atoms with Gasteiger partial charge in [-0.15, -0.1) is 24.0 Å². The Labute approximate surface area is 128 Å². The average molecular weight is 369 g/mol. The second kappa shape index (κ2) is 8.96. The molecule has 1 rings (SSSR count). The van der Waals surface area contributed by atoms with Crippen LogP contribution in [0.1, 0.15) is 34.1 Å². The van der Waals surface area contributed by atoms with Gasteiger partial charge in [-0.05, 0) is 19.3 Å². The highest BCUT2D eigenvalue weighted by Crippen LogP contribution is 2.27. The van der Waals surface area contributed by atoms with Crippen molar-refractivity contribution in [3.05, 3.63) is 0 Å². The van der Waals surface area contributed by atoms with Crippen LogP contribution in [-0.2, 0) is 4.74 Å². The third-order valence-corrected chi connectivity index (χ3v) is 2.94. The minimum Gasteiger partial charge on any atom is -0.381 e. The molecule has 0 bridgehead atoms. The van der Waals surface area contributed by atoms with Gasteiger partial charge in [0, 0.05) is 25.1 Å². The molecule has 0 aromatic carbocycles. The zero-order chi connectivity index (χ0) is 12.7. The maximum absolute atomic E-state index is 5.44. The Morgan fingerprint density at radius 2 is 2.11 bits per heavy atom. The number of guanidine groups is 1. The van der Waals surface area contributed by atoms with Gasteiger partial charge in [0.15, 0.2) is 5.96 Å². The molecule has 0 aliphatic carbocycles. The molecule has 1 aliphatic heterocycles. The Balaban J connectivity index is 0.00000289. The smallest absolute Gasteiger partial charge is 0.191 e. The van der Waals surface area contributed by atoms with E-state index in [1.54, 1.807) is 0 Å². The zero-order valence-electron chi connectivity index (χ0n) is 12.1. The van der Waals surface area contributed by atoms with E-state index in [9.17, 15) is 0 Å². The molecule has 5 heteroatoms. The molecule has 0 radical (unpaired) electrons. The first-order valence-corrected chi connectivity index (χ1v) is 6.66. The minimum absolute atomic E-state index is 0. The molecule has 1 heterocycles. The Morgan fingerprint density at radius 1 is 1.39 bits per heavy atom. The normalized spacial score (nSPS) is 23.9. The molecule has 4 nitrogen and oxygen atoms in total. The van der Waals surface area contributed by atoms with Crippen molar-refractivity contribution < 1.29 is 4.74 Å². The lowest BCUT2D eigenvalue weighted by atomic mass is 9.90. The van der Waals surface area contributed by atoms with Gasteiger partial charge in [-0.3, -0.25) is 4.99 Å². The van der Waals surface area contributed by atoms with Gasteiger partial charge in [0.1, 0.15) is 0 Å². The summed E-state index contributed by atoms with van der Waals surface area (Å²) in [6.07, 6.45) is 1.11. The summed E-state index contributed by atoms with van der Waals surface area (Å²) in [5.41, 5.74) is 0.222. The van der Waals surface area contributed by atoms with E-state index < -0.39 is 0 Å². The molecule has 0 amide bonds. The summed E-state index contributed by atoms with van der Waals surface area (Å²) in [4.78, 5) is 4.65. The molecule has 108 valence electrons. The van der Waals surface area contributed by atoms with Gasteiger partial charge < -0.3 is 15.4 Å². The lowest BCUT2D eigenvalue weighted by Gasteiger charge is -2.20. The van der Waals surface area contributed by atoms with Crippen LogP contribution in [0.4, 0.5) is 0 Å². The van der Waals surface area contributed by atoms with Crippen molar-refractivity contribution in [2.45, 2.75) is 34.1 Å². The molecule has 1 atom stereocenters. The largest absolute Gasteiger partial charge is 0.381 e. The Kier molecular flexibility index (Phi) is 8.94. The molecule has 0 spiro atoms. The second-order valence-electron chi connectivity index (χ2n) is 5.58. The first-order valence-electron chi connectivity index (χ1n) is 6.66. The summed E-state index contributed by atoms with van der Waals surface area (Å²) in [5, 5.41) is 6.64. The number of halogens is 1. The molecule has 0 aromatic rings. The lowest BCUT2D eigenvalue weighted by molar-refractivity contribution is 0.163. The Bertz CT molecular complexity index is 251. The fraction of sp³-hybridized carbons (Fsp3) is 0.923. The summed E-state index contributed by atoms with van der Waals surface area (Å²) in [7, 11) is 0. The fourth-order valence-corrected chi connectivity index (χ4v) is 1.75. The average Bonchev–Trinajstić information content (AvgIpc) is 2.70. The van der Waals surface area contributed by atoms with Gasteiger partial charge in [-0.2, -0.15) is 0 Å². The fourth-order valence-electron chi connectivity index (χ4n) is 1.75. The quantitative estimate of drug-likeness (QED) is 0.444. The molecule has 0 saturated carbocycles. The molecule has 2 N–H and O–H groups in total. The molecule has 1 aliphatic rings.